The van der Waals surface area contributed by atoms with Crippen LogP contribution < -0.4 is 10.6 Å². The Morgan fingerprint density at radius 2 is 2.44 bits per heavy atom. The van der Waals surface area contributed by atoms with Gasteiger partial charge in [0.05, 0.1) is 13.0 Å². The summed E-state index contributed by atoms with van der Waals surface area (Å²) in [5, 5.41) is 0. The number of anilines is 1. The van der Waals surface area contributed by atoms with Gasteiger partial charge >= 0.3 is 5.97 Å². The van der Waals surface area contributed by atoms with Gasteiger partial charge in [0.1, 0.15) is 10.8 Å². The Labute approximate surface area is 111 Å². The second-order valence-electron chi connectivity index (χ2n) is 4.22. The topological polar surface area (TPSA) is 68.5 Å². The van der Waals surface area contributed by atoms with Crippen molar-refractivity contribution in [2.75, 3.05) is 25.1 Å². The number of thiocarbonyl (C=S) groups is 1. The van der Waals surface area contributed by atoms with Crippen LogP contribution in [0.2, 0.25) is 0 Å². The highest BCUT2D eigenvalue weighted by Gasteiger charge is 2.29. The number of hydrogen-bond acceptors (Lipinski definition) is 5. The molecule has 2 heterocycles. The van der Waals surface area contributed by atoms with Gasteiger partial charge in [0.15, 0.2) is 0 Å². The highest BCUT2D eigenvalue weighted by atomic mass is 32.1. The van der Waals surface area contributed by atoms with Gasteiger partial charge in [0, 0.05) is 24.8 Å². The Bertz CT molecular complexity index is 478. The smallest absolute Gasteiger partial charge is 0.310 e. The number of carbonyl (C=O) groups is 1. The molecule has 0 bridgehead atoms. The molecule has 1 unspecified atom stereocenters. The fraction of sp³-hybridized carbons (Fsp3) is 0.417. The second kappa shape index (κ2) is 5.30. The minimum absolute atomic E-state index is 0.0784. The molecule has 1 aliphatic rings. The van der Waals surface area contributed by atoms with Crippen molar-refractivity contribution in [2.24, 2.45) is 11.7 Å². The van der Waals surface area contributed by atoms with Crippen LogP contribution in [0.1, 0.15) is 12.0 Å². The number of hydrogen-bond donors (Lipinski definition) is 1. The van der Waals surface area contributed by atoms with Crippen LogP contribution in [-0.4, -0.2) is 36.1 Å². The van der Waals surface area contributed by atoms with Gasteiger partial charge in [-0.2, -0.15) is 0 Å². The molecule has 5 nitrogen and oxygen atoms in total. The molecule has 1 saturated heterocycles. The van der Waals surface area contributed by atoms with Crippen molar-refractivity contribution in [2.45, 2.75) is 6.42 Å². The number of methoxy groups -OCH3 is 1. The van der Waals surface area contributed by atoms with Gasteiger partial charge in [0.25, 0.3) is 0 Å². The van der Waals surface area contributed by atoms with Gasteiger partial charge in [-0.15, -0.1) is 0 Å². The lowest BCUT2D eigenvalue weighted by Crippen LogP contribution is -2.24. The van der Waals surface area contributed by atoms with Crippen molar-refractivity contribution in [3.63, 3.8) is 0 Å². The van der Waals surface area contributed by atoms with E-state index in [0.717, 1.165) is 24.3 Å². The van der Waals surface area contributed by atoms with E-state index in [0.29, 0.717) is 11.5 Å². The van der Waals surface area contributed by atoms with E-state index >= 15 is 0 Å². The summed E-state index contributed by atoms with van der Waals surface area (Å²) < 4.78 is 4.75. The third-order valence-electron chi connectivity index (χ3n) is 3.08. The van der Waals surface area contributed by atoms with Gasteiger partial charge in [-0.3, -0.25) is 4.79 Å². The Morgan fingerprint density at radius 3 is 3.11 bits per heavy atom. The minimum Gasteiger partial charge on any atom is -0.469 e. The van der Waals surface area contributed by atoms with Crippen molar-refractivity contribution < 1.29 is 9.53 Å². The first-order valence-corrected chi connectivity index (χ1v) is 6.11. The normalized spacial score (nSPS) is 18.7. The fourth-order valence-electron chi connectivity index (χ4n) is 2.07. The Kier molecular flexibility index (Phi) is 3.76. The molecule has 0 spiro atoms. The number of pyridine rings is 1. The zero-order valence-electron chi connectivity index (χ0n) is 10.1. The van der Waals surface area contributed by atoms with Gasteiger partial charge in [-0.05, 0) is 18.6 Å². The molecule has 18 heavy (non-hydrogen) atoms. The van der Waals surface area contributed by atoms with E-state index in [1.54, 1.807) is 12.3 Å². The summed E-state index contributed by atoms with van der Waals surface area (Å²) in [5.74, 6) is 0.556. The molecule has 1 aromatic rings. The maximum atomic E-state index is 11.5. The molecule has 1 atom stereocenters. The van der Waals surface area contributed by atoms with Crippen LogP contribution in [-0.2, 0) is 9.53 Å². The average Bonchev–Trinajstić information content (AvgIpc) is 2.87. The van der Waals surface area contributed by atoms with E-state index in [2.05, 4.69) is 4.98 Å². The summed E-state index contributed by atoms with van der Waals surface area (Å²) >= 11 is 4.94. The van der Waals surface area contributed by atoms with Crippen LogP contribution in [0, 0.1) is 5.92 Å². The van der Waals surface area contributed by atoms with Gasteiger partial charge in [-0.1, -0.05) is 12.2 Å². The lowest BCUT2D eigenvalue weighted by Gasteiger charge is -2.17. The first-order chi connectivity index (χ1) is 8.61. The van der Waals surface area contributed by atoms with Crippen molar-refractivity contribution >= 4 is 29.0 Å². The summed E-state index contributed by atoms with van der Waals surface area (Å²) in [5.41, 5.74) is 6.38. The third-order valence-corrected chi connectivity index (χ3v) is 3.31. The van der Waals surface area contributed by atoms with Crippen molar-refractivity contribution in [3.05, 3.63) is 23.9 Å². The summed E-state index contributed by atoms with van der Waals surface area (Å²) in [6, 6.07) is 3.63. The molecular weight excluding hydrogens is 250 g/mol. The molecule has 2 rings (SSSR count). The molecule has 1 fully saturated rings. The van der Waals surface area contributed by atoms with Gasteiger partial charge in [0.2, 0.25) is 0 Å². The molecule has 96 valence electrons. The quantitative estimate of drug-likeness (QED) is 0.641. The molecule has 2 N–H and O–H groups in total. The lowest BCUT2D eigenvalue weighted by atomic mass is 10.1. The molecular formula is C12H15N3O2S. The van der Waals surface area contributed by atoms with E-state index in [1.165, 1.54) is 7.11 Å². The van der Waals surface area contributed by atoms with E-state index in [9.17, 15) is 4.79 Å². The van der Waals surface area contributed by atoms with Crippen molar-refractivity contribution in [1.82, 2.24) is 4.98 Å². The highest BCUT2D eigenvalue weighted by molar-refractivity contribution is 7.80. The van der Waals surface area contributed by atoms with E-state index in [1.807, 2.05) is 11.0 Å². The molecule has 0 amide bonds. The lowest BCUT2D eigenvalue weighted by molar-refractivity contribution is -0.144. The van der Waals surface area contributed by atoms with Crippen LogP contribution in [0.25, 0.3) is 0 Å². The highest BCUT2D eigenvalue weighted by Crippen LogP contribution is 2.23. The van der Waals surface area contributed by atoms with Crippen LogP contribution in [0.3, 0.4) is 0 Å². The van der Waals surface area contributed by atoms with Crippen molar-refractivity contribution in [3.8, 4) is 0 Å². The van der Waals surface area contributed by atoms with E-state index in [-0.39, 0.29) is 11.9 Å². The molecule has 1 aliphatic heterocycles. The number of ether oxygens (including phenoxy) is 1. The summed E-state index contributed by atoms with van der Waals surface area (Å²) in [7, 11) is 1.41. The largest absolute Gasteiger partial charge is 0.469 e. The number of rotatable bonds is 3. The molecule has 0 aromatic carbocycles. The first kappa shape index (κ1) is 12.8. The minimum atomic E-state index is -0.164. The number of nitrogens with two attached hydrogens (primary N) is 1. The van der Waals surface area contributed by atoms with Gasteiger partial charge in [-0.25, -0.2) is 4.98 Å². The fourth-order valence-corrected chi connectivity index (χ4v) is 2.20. The summed E-state index contributed by atoms with van der Waals surface area (Å²) in [6.07, 6.45) is 2.46. The molecule has 6 heteroatoms. The standard InChI is InChI=1S/C12H15N3O2S/c1-17-12(16)9-3-5-15(7-9)10-6-8(11(13)18)2-4-14-10/h2,4,6,9H,3,5,7H2,1H3,(H2,13,18). The van der Waals surface area contributed by atoms with E-state index in [4.69, 9.17) is 22.7 Å². The summed E-state index contributed by atoms with van der Waals surface area (Å²) in [4.78, 5) is 18.1. The zero-order chi connectivity index (χ0) is 13.1. The number of nitrogens with zero attached hydrogens (tertiary/aromatic N) is 2. The summed E-state index contributed by atoms with van der Waals surface area (Å²) in [6.45, 7) is 1.41. The predicted molar refractivity (Wildman–Crippen MR) is 72.5 cm³/mol. The van der Waals surface area contributed by atoms with Crippen LogP contribution in [0.5, 0.6) is 0 Å². The third kappa shape index (κ3) is 2.59. The Hall–Kier alpha value is -1.69. The molecule has 1 aromatic heterocycles. The first-order valence-electron chi connectivity index (χ1n) is 5.70. The number of esters is 1. The van der Waals surface area contributed by atoms with E-state index < -0.39 is 0 Å². The van der Waals surface area contributed by atoms with Crippen LogP contribution in [0.4, 0.5) is 5.82 Å². The zero-order valence-corrected chi connectivity index (χ0v) is 10.9. The Balaban J connectivity index is 2.12. The molecule has 0 saturated carbocycles. The maximum Gasteiger partial charge on any atom is 0.310 e. The van der Waals surface area contributed by atoms with Crippen molar-refractivity contribution in [1.29, 1.82) is 0 Å². The molecule has 0 aliphatic carbocycles. The monoisotopic (exact) mass is 265 g/mol. The second-order valence-corrected chi connectivity index (χ2v) is 4.66. The van der Waals surface area contributed by atoms with Crippen LogP contribution in [0.15, 0.2) is 18.3 Å². The molecule has 0 radical (unpaired) electrons. The SMILES string of the molecule is COC(=O)C1CCN(c2cc(C(N)=S)ccn2)C1. The maximum absolute atomic E-state index is 11.5. The van der Waals surface area contributed by atoms with Gasteiger partial charge < -0.3 is 15.4 Å². The van der Waals surface area contributed by atoms with Crippen LogP contribution >= 0.6 is 12.2 Å². The average molecular weight is 265 g/mol. The number of carbonyl (C=O) groups excluding carboxylic acids is 1. The Morgan fingerprint density at radius 1 is 1.67 bits per heavy atom. The number of aromatic nitrogens is 1. The predicted octanol–water partition coefficient (Wildman–Crippen LogP) is 0.715.